The highest BCUT2D eigenvalue weighted by molar-refractivity contribution is 7.80. The summed E-state index contributed by atoms with van der Waals surface area (Å²) in [5, 5.41) is 2.86. The molecule has 1 aromatic carbocycles. The number of hydrogen-bond acceptors (Lipinski definition) is 2. The van der Waals surface area contributed by atoms with E-state index in [0.717, 1.165) is 0 Å². The average Bonchev–Trinajstić information content (AvgIpc) is 2.35. The third-order valence-corrected chi connectivity index (χ3v) is 3.12. The molecule has 0 aliphatic heterocycles. The van der Waals surface area contributed by atoms with Gasteiger partial charge in [0.05, 0.1) is 10.9 Å². The summed E-state index contributed by atoms with van der Waals surface area (Å²) in [4.78, 5) is 11.9. The number of carbonyl (C=O) groups excluding carboxylic acids is 1. The van der Waals surface area contributed by atoms with Crippen molar-refractivity contribution < 1.29 is 4.79 Å². The van der Waals surface area contributed by atoms with Crippen molar-refractivity contribution in [1.29, 1.82) is 0 Å². The Labute approximate surface area is 107 Å². The van der Waals surface area contributed by atoms with Crippen LogP contribution in [0, 0.1) is 5.92 Å². The Morgan fingerprint density at radius 3 is 2.47 bits per heavy atom. The van der Waals surface area contributed by atoms with E-state index in [1.54, 1.807) is 6.92 Å². The zero-order valence-corrected chi connectivity index (χ0v) is 11.0. The molecule has 3 nitrogen and oxygen atoms in total. The second-order valence-electron chi connectivity index (χ2n) is 4.18. The molecule has 0 aliphatic carbocycles. The van der Waals surface area contributed by atoms with E-state index in [1.165, 1.54) is 5.56 Å². The molecule has 0 spiro atoms. The van der Waals surface area contributed by atoms with Crippen LogP contribution in [-0.4, -0.2) is 17.4 Å². The molecule has 0 aliphatic rings. The predicted molar refractivity (Wildman–Crippen MR) is 73.8 cm³/mol. The first-order chi connectivity index (χ1) is 8.02. The van der Waals surface area contributed by atoms with Crippen LogP contribution < -0.4 is 11.1 Å². The highest BCUT2D eigenvalue weighted by Crippen LogP contribution is 2.13. The summed E-state index contributed by atoms with van der Waals surface area (Å²) >= 11 is 4.78. The van der Waals surface area contributed by atoms with Gasteiger partial charge in [-0.3, -0.25) is 4.79 Å². The van der Waals surface area contributed by atoms with Crippen LogP contribution in [0.2, 0.25) is 0 Å². The lowest BCUT2D eigenvalue weighted by Gasteiger charge is -2.15. The van der Waals surface area contributed by atoms with Gasteiger partial charge in [0.15, 0.2) is 0 Å². The summed E-state index contributed by atoms with van der Waals surface area (Å²) in [6.45, 7) is 4.38. The van der Waals surface area contributed by atoms with Crippen LogP contribution in [0.25, 0.3) is 0 Å². The molecule has 0 bridgehead atoms. The van der Waals surface area contributed by atoms with Gasteiger partial charge in [-0.15, -0.1) is 0 Å². The summed E-state index contributed by atoms with van der Waals surface area (Å²) in [5.41, 5.74) is 6.63. The van der Waals surface area contributed by atoms with Crippen molar-refractivity contribution >= 4 is 23.1 Å². The number of amides is 1. The van der Waals surface area contributed by atoms with E-state index in [9.17, 15) is 4.79 Å². The summed E-state index contributed by atoms with van der Waals surface area (Å²) in [7, 11) is 0. The molecule has 0 aromatic heterocycles. The topological polar surface area (TPSA) is 55.1 Å². The molecule has 3 N–H and O–H groups in total. The van der Waals surface area contributed by atoms with Crippen LogP contribution in [0.5, 0.6) is 0 Å². The van der Waals surface area contributed by atoms with Crippen molar-refractivity contribution in [3.8, 4) is 0 Å². The van der Waals surface area contributed by atoms with E-state index < -0.39 is 5.92 Å². The Bertz CT molecular complexity index is 392. The highest BCUT2D eigenvalue weighted by atomic mass is 32.1. The minimum atomic E-state index is -0.409. The summed E-state index contributed by atoms with van der Waals surface area (Å²) in [5.74, 6) is -0.244. The average molecular weight is 250 g/mol. The van der Waals surface area contributed by atoms with Gasteiger partial charge in [0.25, 0.3) is 0 Å². The zero-order chi connectivity index (χ0) is 12.8. The lowest BCUT2D eigenvalue weighted by atomic mass is 10.0. The van der Waals surface area contributed by atoms with Crippen molar-refractivity contribution in [2.75, 3.05) is 6.54 Å². The summed E-state index contributed by atoms with van der Waals surface area (Å²) in [6, 6.07) is 10.1. The van der Waals surface area contributed by atoms with Crippen LogP contribution in [0.3, 0.4) is 0 Å². The molecule has 1 amide bonds. The molecule has 92 valence electrons. The third-order valence-electron chi connectivity index (χ3n) is 2.77. The standard InChI is InChI=1S/C13H18N2OS/c1-9(11-6-4-3-5-7-11)8-15-13(16)10(2)12(14)17/h3-7,9-10H,8H2,1-2H3,(H2,14,17)(H,15,16). The minimum absolute atomic E-state index is 0.111. The Kier molecular flexibility index (Phi) is 5.10. The molecule has 17 heavy (non-hydrogen) atoms. The summed E-state index contributed by atoms with van der Waals surface area (Å²) in [6.07, 6.45) is 0. The molecule has 4 heteroatoms. The Hall–Kier alpha value is -1.42. The van der Waals surface area contributed by atoms with Gasteiger partial charge in [-0.1, -0.05) is 49.5 Å². The Morgan fingerprint density at radius 1 is 1.35 bits per heavy atom. The molecular weight excluding hydrogens is 232 g/mol. The van der Waals surface area contributed by atoms with Gasteiger partial charge < -0.3 is 11.1 Å². The maximum atomic E-state index is 11.6. The number of rotatable bonds is 5. The lowest BCUT2D eigenvalue weighted by molar-refractivity contribution is -0.122. The molecule has 2 unspecified atom stereocenters. The summed E-state index contributed by atoms with van der Waals surface area (Å²) < 4.78 is 0. The van der Waals surface area contributed by atoms with Crippen LogP contribution in [-0.2, 0) is 4.79 Å². The van der Waals surface area contributed by atoms with E-state index >= 15 is 0 Å². The lowest BCUT2D eigenvalue weighted by Crippen LogP contribution is -2.37. The molecule has 1 rings (SSSR count). The van der Waals surface area contributed by atoms with Gasteiger partial charge in [-0.05, 0) is 18.4 Å². The molecule has 0 fully saturated rings. The molecule has 0 radical (unpaired) electrons. The monoisotopic (exact) mass is 250 g/mol. The normalized spacial score (nSPS) is 13.8. The van der Waals surface area contributed by atoms with Crippen molar-refractivity contribution in [1.82, 2.24) is 5.32 Å². The molecule has 1 aromatic rings. The number of carbonyl (C=O) groups is 1. The number of nitrogens with two attached hydrogens (primary N) is 1. The van der Waals surface area contributed by atoms with Gasteiger partial charge in [0, 0.05) is 6.54 Å². The van der Waals surface area contributed by atoms with E-state index in [4.69, 9.17) is 18.0 Å². The van der Waals surface area contributed by atoms with Crippen molar-refractivity contribution in [3.05, 3.63) is 35.9 Å². The van der Waals surface area contributed by atoms with Crippen LogP contribution in [0.4, 0.5) is 0 Å². The molecule has 0 saturated carbocycles. The predicted octanol–water partition coefficient (Wildman–Crippen LogP) is 1.83. The van der Waals surface area contributed by atoms with Gasteiger partial charge in [-0.25, -0.2) is 0 Å². The van der Waals surface area contributed by atoms with Crippen LogP contribution in [0.1, 0.15) is 25.3 Å². The van der Waals surface area contributed by atoms with Gasteiger partial charge >= 0.3 is 0 Å². The second kappa shape index (κ2) is 6.35. The third kappa shape index (κ3) is 4.15. The van der Waals surface area contributed by atoms with Crippen LogP contribution in [0.15, 0.2) is 30.3 Å². The molecular formula is C13H18N2OS. The smallest absolute Gasteiger partial charge is 0.229 e. The highest BCUT2D eigenvalue weighted by Gasteiger charge is 2.16. The molecule has 2 atom stereocenters. The van der Waals surface area contributed by atoms with Crippen molar-refractivity contribution in [2.45, 2.75) is 19.8 Å². The van der Waals surface area contributed by atoms with Crippen molar-refractivity contribution in [2.24, 2.45) is 11.7 Å². The first kappa shape index (κ1) is 13.6. The number of thiocarbonyl (C=S) groups is 1. The van der Waals surface area contributed by atoms with Crippen molar-refractivity contribution in [3.63, 3.8) is 0 Å². The Morgan fingerprint density at radius 2 is 1.94 bits per heavy atom. The SMILES string of the molecule is CC(C(=O)NCC(C)c1ccccc1)C(N)=S. The zero-order valence-electron chi connectivity index (χ0n) is 10.1. The van der Waals surface area contributed by atoms with E-state index in [1.807, 2.05) is 30.3 Å². The minimum Gasteiger partial charge on any atom is -0.393 e. The van der Waals surface area contributed by atoms with Gasteiger partial charge in [0.1, 0.15) is 0 Å². The van der Waals surface area contributed by atoms with E-state index in [-0.39, 0.29) is 16.8 Å². The van der Waals surface area contributed by atoms with Crippen LogP contribution >= 0.6 is 12.2 Å². The fourth-order valence-electron chi connectivity index (χ4n) is 1.44. The quantitative estimate of drug-likeness (QED) is 0.784. The largest absolute Gasteiger partial charge is 0.393 e. The first-order valence-corrected chi connectivity index (χ1v) is 6.05. The maximum Gasteiger partial charge on any atom is 0.229 e. The fraction of sp³-hybridized carbons (Fsp3) is 0.385. The maximum absolute atomic E-state index is 11.6. The van der Waals surface area contributed by atoms with Gasteiger partial charge in [0.2, 0.25) is 5.91 Å². The number of nitrogens with one attached hydrogen (secondary N) is 1. The molecule has 0 heterocycles. The Balaban J connectivity index is 2.46. The fourth-order valence-corrected chi connectivity index (χ4v) is 1.54. The van der Waals surface area contributed by atoms with E-state index in [0.29, 0.717) is 6.54 Å². The number of hydrogen-bond donors (Lipinski definition) is 2. The number of benzene rings is 1. The van der Waals surface area contributed by atoms with Gasteiger partial charge in [-0.2, -0.15) is 0 Å². The second-order valence-corrected chi connectivity index (χ2v) is 4.65. The molecule has 0 saturated heterocycles. The van der Waals surface area contributed by atoms with E-state index in [2.05, 4.69) is 12.2 Å². The first-order valence-electron chi connectivity index (χ1n) is 5.64.